The third kappa shape index (κ3) is 3.37. The molecule has 0 atom stereocenters. The molecule has 0 radical (unpaired) electrons. The number of aromatic nitrogens is 1. The van der Waals surface area contributed by atoms with Gasteiger partial charge in [-0.1, -0.05) is 0 Å². The van der Waals surface area contributed by atoms with E-state index in [2.05, 4.69) is 26.2 Å². The standard InChI is InChI=1S/C17H15BrN2O3S/c1-9-8-11(4-5-12(9)22-3)15-10(2)24-17(19-15)20-16(21)13-6-7-14(18)23-13/h4-8H,1-3H3,(H,19,20,21). The topological polar surface area (TPSA) is 64.4 Å². The number of furan rings is 1. The van der Waals surface area contributed by atoms with E-state index in [9.17, 15) is 4.79 Å². The van der Waals surface area contributed by atoms with Gasteiger partial charge in [-0.05, 0) is 65.7 Å². The summed E-state index contributed by atoms with van der Waals surface area (Å²) in [5, 5.41) is 3.30. The van der Waals surface area contributed by atoms with Crippen molar-refractivity contribution in [2.45, 2.75) is 13.8 Å². The van der Waals surface area contributed by atoms with Crippen LogP contribution in [-0.2, 0) is 0 Å². The van der Waals surface area contributed by atoms with Crippen LogP contribution in [0.25, 0.3) is 11.3 Å². The predicted molar refractivity (Wildman–Crippen MR) is 97.9 cm³/mol. The molecule has 3 aromatic rings. The molecule has 3 rings (SSSR count). The van der Waals surface area contributed by atoms with Gasteiger partial charge in [0.15, 0.2) is 15.6 Å². The van der Waals surface area contributed by atoms with E-state index in [0.29, 0.717) is 9.80 Å². The van der Waals surface area contributed by atoms with Crippen LogP contribution < -0.4 is 10.1 Å². The first kappa shape index (κ1) is 16.7. The number of carbonyl (C=O) groups excluding carboxylic acids is 1. The fourth-order valence-electron chi connectivity index (χ4n) is 2.34. The van der Waals surface area contributed by atoms with Crippen molar-refractivity contribution in [2.24, 2.45) is 0 Å². The van der Waals surface area contributed by atoms with E-state index < -0.39 is 0 Å². The summed E-state index contributed by atoms with van der Waals surface area (Å²) in [5.41, 5.74) is 2.87. The molecule has 24 heavy (non-hydrogen) atoms. The highest BCUT2D eigenvalue weighted by molar-refractivity contribution is 9.10. The highest BCUT2D eigenvalue weighted by Crippen LogP contribution is 2.33. The van der Waals surface area contributed by atoms with E-state index in [1.54, 1.807) is 19.2 Å². The number of nitrogens with zero attached hydrogens (tertiary/aromatic N) is 1. The summed E-state index contributed by atoms with van der Waals surface area (Å²) in [6.07, 6.45) is 0. The number of anilines is 1. The van der Waals surface area contributed by atoms with Gasteiger partial charge in [-0.15, -0.1) is 11.3 Å². The number of ether oxygens (including phenoxy) is 1. The van der Waals surface area contributed by atoms with Crippen molar-refractivity contribution in [3.63, 3.8) is 0 Å². The summed E-state index contributed by atoms with van der Waals surface area (Å²) in [4.78, 5) is 17.7. The van der Waals surface area contributed by atoms with E-state index in [-0.39, 0.29) is 11.7 Å². The van der Waals surface area contributed by atoms with Crippen molar-refractivity contribution >= 4 is 38.3 Å². The molecule has 0 aliphatic heterocycles. The van der Waals surface area contributed by atoms with E-state index >= 15 is 0 Å². The Hall–Kier alpha value is -2.12. The molecule has 0 saturated heterocycles. The zero-order chi connectivity index (χ0) is 17.3. The number of amides is 1. The molecule has 0 saturated carbocycles. The van der Waals surface area contributed by atoms with E-state index in [1.807, 2.05) is 32.0 Å². The molecule has 0 unspecified atom stereocenters. The fraction of sp³-hybridized carbons (Fsp3) is 0.176. The van der Waals surface area contributed by atoms with Crippen LogP contribution in [0.4, 0.5) is 5.13 Å². The van der Waals surface area contributed by atoms with Crippen molar-refractivity contribution in [3.8, 4) is 17.0 Å². The van der Waals surface area contributed by atoms with Crippen LogP contribution in [0.15, 0.2) is 39.4 Å². The molecule has 124 valence electrons. The predicted octanol–water partition coefficient (Wildman–Crippen LogP) is 5.04. The number of hydrogen-bond donors (Lipinski definition) is 1. The highest BCUT2D eigenvalue weighted by atomic mass is 79.9. The lowest BCUT2D eigenvalue weighted by Gasteiger charge is -2.06. The summed E-state index contributed by atoms with van der Waals surface area (Å²) in [7, 11) is 1.65. The molecular weight excluding hydrogens is 392 g/mol. The van der Waals surface area contributed by atoms with Crippen LogP contribution >= 0.6 is 27.3 Å². The minimum atomic E-state index is -0.327. The molecule has 2 heterocycles. The van der Waals surface area contributed by atoms with Gasteiger partial charge in [0, 0.05) is 10.4 Å². The van der Waals surface area contributed by atoms with Gasteiger partial charge in [0.1, 0.15) is 5.75 Å². The molecule has 0 fully saturated rings. The average Bonchev–Trinajstić information content (AvgIpc) is 3.13. The number of thiazole rings is 1. The first-order valence-electron chi connectivity index (χ1n) is 7.17. The normalized spacial score (nSPS) is 10.7. The average molecular weight is 407 g/mol. The minimum absolute atomic E-state index is 0.233. The SMILES string of the molecule is COc1ccc(-c2nc(NC(=O)c3ccc(Br)o3)sc2C)cc1C. The van der Waals surface area contributed by atoms with Crippen molar-refractivity contribution in [3.05, 3.63) is 51.2 Å². The number of aryl methyl sites for hydroxylation is 2. The number of nitrogens with one attached hydrogen (secondary N) is 1. The molecular formula is C17H15BrN2O3S. The number of carbonyl (C=O) groups is 1. The molecule has 1 N–H and O–H groups in total. The van der Waals surface area contributed by atoms with Gasteiger partial charge in [0.25, 0.3) is 5.91 Å². The monoisotopic (exact) mass is 406 g/mol. The summed E-state index contributed by atoms with van der Waals surface area (Å²) >= 11 is 4.61. The molecule has 1 amide bonds. The second-order valence-corrected chi connectivity index (χ2v) is 7.15. The lowest BCUT2D eigenvalue weighted by molar-refractivity contribution is 0.0995. The molecule has 0 bridgehead atoms. The first-order valence-corrected chi connectivity index (χ1v) is 8.78. The first-order chi connectivity index (χ1) is 11.5. The van der Waals surface area contributed by atoms with Crippen LogP contribution in [0, 0.1) is 13.8 Å². The van der Waals surface area contributed by atoms with Gasteiger partial charge in [0.05, 0.1) is 12.8 Å². The van der Waals surface area contributed by atoms with Gasteiger partial charge in [-0.2, -0.15) is 0 Å². The van der Waals surface area contributed by atoms with E-state index in [1.165, 1.54) is 11.3 Å². The van der Waals surface area contributed by atoms with Crippen molar-refractivity contribution in [2.75, 3.05) is 12.4 Å². The number of benzene rings is 1. The molecule has 0 aliphatic carbocycles. The second kappa shape index (κ2) is 6.78. The Morgan fingerprint density at radius 1 is 1.29 bits per heavy atom. The molecule has 7 heteroatoms. The Morgan fingerprint density at radius 2 is 2.08 bits per heavy atom. The second-order valence-electron chi connectivity index (χ2n) is 5.17. The van der Waals surface area contributed by atoms with Crippen molar-refractivity contribution in [1.82, 2.24) is 4.98 Å². The van der Waals surface area contributed by atoms with Gasteiger partial charge in [-0.3, -0.25) is 10.1 Å². The van der Waals surface area contributed by atoms with Crippen LogP contribution in [-0.4, -0.2) is 18.0 Å². The maximum absolute atomic E-state index is 12.1. The number of hydrogen-bond acceptors (Lipinski definition) is 5. The largest absolute Gasteiger partial charge is 0.496 e. The fourth-order valence-corrected chi connectivity index (χ4v) is 3.48. The zero-order valence-electron chi connectivity index (χ0n) is 13.3. The van der Waals surface area contributed by atoms with E-state index in [4.69, 9.17) is 9.15 Å². The lowest BCUT2D eigenvalue weighted by atomic mass is 10.1. The summed E-state index contributed by atoms with van der Waals surface area (Å²) in [6, 6.07) is 9.18. The zero-order valence-corrected chi connectivity index (χ0v) is 15.7. The number of halogens is 1. The third-order valence-electron chi connectivity index (χ3n) is 3.48. The number of methoxy groups -OCH3 is 1. The minimum Gasteiger partial charge on any atom is -0.496 e. The van der Waals surface area contributed by atoms with Crippen LogP contribution in [0.5, 0.6) is 5.75 Å². The highest BCUT2D eigenvalue weighted by Gasteiger charge is 2.16. The quantitative estimate of drug-likeness (QED) is 0.658. The number of rotatable bonds is 4. The Kier molecular flexibility index (Phi) is 4.73. The maximum atomic E-state index is 12.1. The molecule has 0 aliphatic rings. The Labute approximate surface area is 151 Å². The smallest absolute Gasteiger partial charge is 0.293 e. The van der Waals surface area contributed by atoms with Crippen LogP contribution in [0.3, 0.4) is 0 Å². The summed E-state index contributed by atoms with van der Waals surface area (Å²) < 4.78 is 11.0. The van der Waals surface area contributed by atoms with Crippen LogP contribution in [0.1, 0.15) is 21.0 Å². The Balaban J connectivity index is 1.85. The third-order valence-corrected chi connectivity index (χ3v) is 4.79. The van der Waals surface area contributed by atoms with Crippen molar-refractivity contribution < 1.29 is 13.9 Å². The molecule has 0 spiro atoms. The van der Waals surface area contributed by atoms with Crippen molar-refractivity contribution in [1.29, 1.82) is 0 Å². The summed E-state index contributed by atoms with van der Waals surface area (Å²) in [6.45, 7) is 3.97. The van der Waals surface area contributed by atoms with Gasteiger partial charge in [-0.25, -0.2) is 4.98 Å². The van der Waals surface area contributed by atoms with E-state index in [0.717, 1.165) is 27.4 Å². The Morgan fingerprint density at radius 3 is 2.71 bits per heavy atom. The molecule has 2 aromatic heterocycles. The summed E-state index contributed by atoms with van der Waals surface area (Å²) in [5.74, 6) is 0.743. The van der Waals surface area contributed by atoms with Gasteiger partial charge < -0.3 is 9.15 Å². The molecule has 5 nitrogen and oxygen atoms in total. The van der Waals surface area contributed by atoms with Gasteiger partial charge in [0.2, 0.25) is 0 Å². The Bertz CT molecular complexity index is 901. The van der Waals surface area contributed by atoms with Gasteiger partial charge >= 0.3 is 0 Å². The molecule has 1 aromatic carbocycles. The van der Waals surface area contributed by atoms with Crippen LogP contribution in [0.2, 0.25) is 0 Å². The lowest BCUT2D eigenvalue weighted by Crippen LogP contribution is -2.10. The maximum Gasteiger partial charge on any atom is 0.293 e.